The van der Waals surface area contributed by atoms with Gasteiger partial charge >= 0.3 is 0 Å². The van der Waals surface area contributed by atoms with Gasteiger partial charge in [-0.25, -0.2) is 0 Å². The Labute approximate surface area is 273 Å². The van der Waals surface area contributed by atoms with Crippen LogP contribution in [0.3, 0.4) is 0 Å². The molecule has 1 aliphatic heterocycles. The minimum Gasteiger partial charge on any atom is -0.456 e. The van der Waals surface area contributed by atoms with Gasteiger partial charge in [0.25, 0.3) is 0 Å². The lowest BCUT2D eigenvalue weighted by molar-refractivity contribution is 0.669. The molecule has 0 saturated carbocycles. The van der Waals surface area contributed by atoms with E-state index in [1.807, 2.05) is 23.9 Å². The lowest BCUT2D eigenvalue weighted by atomic mass is 9.89. The number of fused-ring (bicyclic) bond motifs is 6. The molecule has 2 heterocycles. The molecule has 0 radical (unpaired) electrons. The van der Waals surface area contributed by atoms with Crippen molar-refractivity contribution in [2.45, 2.75) is 11.5 Å². The third kappa shape index (κ3) is 4.83. The maximum Gasteiger partial charge on any atom is 0.136 e. The Morgan fingerprint density at radius 1 is 0.348 bits per heavy atom. The zero-order valence-electron chi connectivity index (χ0n) is 25.2. The van der Waals surface area contributed by atoms with Crippen molar-refractivity contribution < 1.29 is 4.42 Å². The highest BCUT2D eigenvalue weighted by molar-refractivity contribution is 7.97. The van der Waals surface area contributed by atoms with E-state index in [4.69, 9.17) is 4.42 Å². The highest BCUT2D eigenvalue weighted by Gasteiger charge is 2.18. The summed E-state index contributed by atoms with van der Waals surface area (Å²) in [6.45, 7) is 0. The van der Waals surface area contributed by atoms with Gasteiger partial charge in [0.2, 0.25) is 0 Å². The fourth-order valence-corrected chi connectivity index (χ4v) is 7.88. The van der Waals surface area contributed by atoms with Crippen LogP contribution in [0.1, 0.15) is 11.1 Å². The maximum absolute atomic E-state index is 6.25. The van der Waals surface area contributed by atoms with E-state index >= 15 is 0 Å². The average Bonchev–Trinajstić information content (AvgIpc) is 3.40. The molecule has 7 aromatic carbocycles. The molecule has 46 heavy (non-hydrogen) atoms. The minimum absolute atomic E-state index is 0.930. The Balaban J connectivity index is 1.17. The summed E-state index contributed by atoms with van der Waals surface area (Å²) in [5.74, 6) is 2.01. The number of hydrogen-bond acceptors (Lipinski definition) is 2. The van der Waals surface area contributed by atoms with Crippen LogP contribution in [-0.2, 0) is 11.5 Å². The number of hydrogen-bond donors (Lipinski definition) is 0. The highest BCUT2D eigenvalue weighted by atomic mass is 32.2. The first-order valence-electron chi connectivity index (χ1n) is 15.8. The van der Waals surface area contributed by atoms with Crippen molar-refractivity contribution >= 4 is 33.7 Å². The van der Waals surface area contributed by atoms with Crippen molar-refractivity contribution in [3.8, 4) is 55.6 Å². The zero-order chi connectivity index (χ0) is 30.5. The molecule has 8 aromatic rings. The Kier molecular flexibility index (Phi) is 6.61. The van der Waals surface area contributed by atoms with Crippen LogP contribution >= 0.6 is 11.8 Å². The van der Waals surface area contributed by atoms with Crippen molar-refractivity contribution in [1.82, 2.24) is 0 Å². The number of thioether (sulfide) groups is 1. The first-order chi connectivity index (χ1) is 22.8. The molecule has 0 saturated heterocycles. The lowest BCUT2D eigenvalue weighted by Crippen LogP contribution is -1.92. The molecular formula is C44H30OS. The average molecular weight is 607 g/mol. The molecule has 1 aromatic heterocycles. The molecule has 0 spiro atoms. The second-order valence-electron chi connectivity index (χ2n) is 12.1. The summed E-state index contributed by atoms with van der Waals surface area (Å²) in [5, 5.41) is 2.32. The predicted molar refractivity (Wildman–Crippen MR) is 196 cm³/mol. The van der Waals surface area contributed by atoms with E-state index in [1.54, 1.807) is 0 Å². The first-order valence-corrected chi connectivity index (χ1v) is 16.9. The van der Waals surface area contributed by atoms with Gasteiger partial charge in [-0.1, -0.05) is 109 Å². The van der Waals surface area contributed by atoms with E-state index in [1.165, 1.54) is 66.8 Å². The fraction of sp³-hybridized carbons (Fsp3) is 0.0455. The second-order valence-corrected chi connectivity index (χ2v) is 13.1. The smallest absolute Gasteiger partial charge is 0.136 e. The maximum atomic E-state index is 6.25. The van der Waals surface area contributed by atoms with Crippen LogP contribution in [0.25, 0.3) is 77.6 Å². The monoisotopic (exact) mass is 606 g/mol. The van der Waals surface area contributed by atoms with E-state index < -0.39 is 0 Å². The van der Waals surface area contributed by atoms with Gasteiger partial charge in [0.1, 0.15) is 11.2 Å². The molecule has 0 fully saturated rings. The summed E-state index contributed by atoms with van der Waals surface area (Å²) in [7, 11) is 0. The Morgan fingerprint density at radius 2 is 0.826 bits per heavy atom. The van der Waals surface area contributed by atoms with Crippen LogP contribution in [0.2, 0.25) is 0 Å². The van der Waals surface area contributed by atoms with Gasteiger partial charge in [-0.2, -0.15) is 11.8 Å². The number of furan rings is 1. The van der Waals surface area contributed by atoms with Crippen LogP contribution in [0.5, 0.6) is 0 Å². The summed E-state index contributed by atoms with van der Waals surface area (Å²) in [6, 6.07) is 57.4. The molecule has 0 bridgehead atoms. The van der Waals surface area contributed by atoms with Crippen LogP contribution in [0, 0.1) is 0 Å². The van der Waals surface area contributed by atoms with Gasteiger partial charge in [-0.3, -0.25) is 0 Å². The van der Waals surface area contributed by atoms with E-state index in [0.717, 1.165) is 33.4 Å². The normalized spacial score (nSPS) is 12.5. The highest BCUT2D eigenvalue weighted by Crippen LogP contribution is 2.42. The number of para-hydroxylation sites is 1. The predicted octanol–water partition coefficient (Wildman–Crippen LogP) is 12.7. The molecule has 218 valence electrons. The molecule has 0 aliphatic carbocycles. The molecule has 1 aliphatic rings. The Hall–Kier alpha value is -5.31. The standard InChI is InChI=1S/C44H30OS/c1-3-9-29(10-4-1)36-21-37(30-11-5-2-6-12-30)23-38(22-36)32-16-18-35-28-46-27-34-17-15-31(24-41(34)42(35)25-32)33-19-20-40-39-13-7-8-14-43(39)45-44(40)26-33/h1-26H,27-28H2. The van der Waals surface area contributed by atoms with Gasteiger partial charge in [-0.15, -0.1) is 0 Å². The Morgan fingerprint density at radius 3 is 1.46 bits per heavy atom. The van der Waals surface area contributed by atoms with Crippen molar-refractivity contribution in [3.05, 3.63) is 169 Å². The molecule has 0 atom stereocenters. The molecule has 2 heteroatoms. The first kappa shape index (κ1) is 27.0. The summed E-state index contributed by atoms with van der Waals surface area (Å²) in [4.78, 5) is 0. The van der Waals surface area contributed by atoms with Crippen molar-refractivity contribution in [2.75, 3.05) is 0 Å². The van der Waals surface area contributed by atoms with E-state index in [0.29, 0.717) is 0 Å². The molecule has 1 nitrogen and oxygen atoms in total. The number of benzene rings is 7. The van der Waals surface area contributed by atoms with Crippen LogP contribution in [0.4, 0.5) is 0 Å². The zero-order valence-corrected chi connectivity index (χ0v) is 26.1. The quantitative estimate of drug-likeness (QED) is 0.198. The molecule has 0 N–H and O–H groups in total. The van der Waals surface area contributed by atoms with Crippen molar-refractivity contribution in [1.29, 1.82) is 0 Å². The fourth-order valence-electron chi connectivity index (χ4n) is 6.83. The van der Waals surface area contributed by atoms with Gasteiger partial charge in [0, 0.05) is 22.3 Å². The van der Waals surface area contributed by atoms with Crippen LogP contribution < -0.4 is 0 Å². The number of rotatable bonds is 4. The third-order valence-corrected chi connectivity index (χ3v) is 10.2. The topological polar surface area (TPSA) is 13.1 Å². The third-order valence-electron chi connectivity index (χ3n) is 9.22. The molecule has 9 rings (SSSR count). The lowest BCUT2D eigenvalue weighted by Gasteiger charge is -2.15. The molecule has 0 unspecified atom stereocenters. The van der Waals surface area contributed by atoms with E-state index in [2.05, 4.69) is 146 Å². The van der Waals surface area contributed by atoms with E-state index in [-0.39, 0.29) is 0 Å². The molecular weight excluding hydrogens is 577 g/mol. The Bertz CT molecular complexity index is 2330. The van der Waals surface area contributed by atoms with Gasteiger partial charge in [0.05, 0.1) is 0 Å². The van der Waals surface area contributed by atoms with E-state index in [9.17, 15) is 0 Å². The van der Waals surface area contributed by atoms with Crippen LogP contribution in [-0.4, -0.2) is 0 Å². The summed E-state index contributed by atoms with van der Waals surface area (Å²) >= 11 is 1.99. The minimum atomic E-state index is 0.930. The largest absolute Gasteiger partial charge is 0.456 e. The summed E-state index contributed by atoms with van der Waals surface area (Å²) in [6.07, 6.45) is 0. The van der Waals surface area contributed by atoms with Crippen LogP contribution in [0.15, 0.2) is 162 Å². The van der Waals surface area contributed by atoms with Gasteiger partial charge < -0.3 is 4.42 Å². The second kappa shape index (κ2) is 11.2. The SMILES string of the molecule is c1ccc(-c2cc(-c3ccccc3)cc(-c3ccc4c(c3)-c3cc(-c5ccc6c(c5)oc5ccccc56)ccc3CSC4)c2)cc1. The van der Waals surface area contributed by atoms with Gasteiger partial charge in [0.15, 0.2) is 0 Å². The van der Waals surface area contributed by atoms with Crippen molar-refractivity contribution in [2.24, 2.45) is 0 Å². The summed E-state index contributed by atoms with van der Waals surface area (Å²) in [5.41, 5.74) is 17.0. The molecule has 0 amide bonds. The van der Waals surface area contributed by atoms with Crippen molar-refractivity contribution in [3.63, 3.8) is 0 Å². The van der Waals surface area contributed by atoms with Gasteiger partial charge in [-0.05, 0) is 115 Å². The summed E-state index contributed by atoms with van der Waals surface area (Å²) < 4.78 is 6.25.